The summed E-state index contributed by atoms with van der Waals surface area (Å²) < 4.78 is 7.42. The van der Waals surface area contributed by atoms with Gasteiger partial charge in [0.25, 0.3) is 0 Å². The van der Waals surface area contributed by atoms with Crippen molar-refractivity contribution in [3.05, 3.63) is 96.1 Å². The summed E-state index contributed by atoms with van der Waals surface area (Å²) in [5.41, 5.74) is 4.43. The number of thioether (sulfide) groups is 1. The minimum absolute atomic E-state index is 0.803. The van der Waals surface area contributed by atoms with Gasteiger partial charge in [-0.1, -0.05) is 78.0 Å². The molecule has 0 aliphatic carbocycles. The van der Waals surface area contributed by atoms with E-state index in [4.69, 9.17) is 4.74 Å². The van der Waals surface area contributed by atoms with Crippen LogP contribution in [0.1, 0.15) is 11.1 Å². The predicted octanol–water partition coefficient (Wildman–Crippen LogP) is 6.06. The van der Waals surface area contributed by atoms with Crippen molar-refractivity contribution in [2.75, 3.05) is 12.9 Å². The third-order valence-corrected chi connectivity index (χ3v) is 5.54. The van der Waals surface area contributed by atoms with Gasteiger partial charge in [0.2, 0.25) is 0 Å². The van der Waals surface area contributed by atoms with Crippen LogP contribution < -0.4 is 4.74 Å². The van der Waals surface area contributed by atoms with E-state index in [1.807, 2.05) is 48.5 Å². The number of hydrogen-bond donors (Lipinski definition) is 0. The first-order chi connectivity index (χ1) is 14.7. The van der Waals surface area contributed by atoms with E-state index in [0.717, 1.165) is 33.7 Å². The molecule has 0 fully saturated rings. The Balaban J connectivity index is 1.65. The Morgan fingerprint density at radius 3 is 2.47 bits per heavy atom. The third kappa shape index (κ3) is 4.63. The second kappa shape index (κ2) is 9.46. The monoisotopic (exact) mass is 413 g/mol. The molecule has 0 aliphatic heterocycles. The van der Waals surface area contributed by atoms with Crippen molar-refractivity contribution in [1.82, 2.24) is 14.8 Å². The molecule has 5 heteroatoms. The van der Waals surface area contributed by atoms with Crippen LogP contribution >= 0.6 is 11.8 Å². The molecule has 3 aromatic carbocycles. The molecular formula is C25H23N3OS. The van der Waals surface area contributed by atoms with Crippen LogP contribution in [0.25, 0.3) is 23.2 Å². The van der Waals surface area contributed by atoms with E-state index < -0.39 is 0 Å². The van der Waals surface area contributed by atoms with Crippen LogP contribution in [0.4, 0.5) is 0 Å². The van der Waals surface area contributed by atoms with Gasteiger partial charge in [-0.25, -0.2) is 0 Å². The fourth-order valence-electron chi connectivity index (χ4n) is 3.17. The lowest BCUT2D eigenvalue weighted by Gasteiger charge is -2.11. The average molecular weight is 414 g/mol. The Bertz CT molecular complexity index is 1130. The minimum Gasteiger partial charge on any atom is -0.497 e. The molecule has 0 radical (unpaired) electrons. The lowest BCUT2D eigenvalue weighted by molar-refractivity contribution is 0.414. The van der Waals surface area contributed by atoms with Crippen LogP contribution in [-0.4, -0.2) is 27.6 Å². The molecule has 0 N–H and O–H groups in total. The van der Waals surface area contributed by atoms with Crippen LogP contribution in [0, 0.1) is 6.92 Å². The summed E-state index contributed by atoms with van der Waals surface area (Å²) in [6, 6.07) is 26.6. The summed E-state index contributed by atoms with van der Waals surface area (Å²) in [5.74, 6) is 2.46. The van der Waals surface area contributed by atoms with E-state index in [9.17, 15) is 0 Å². The third-order valence-electron chi connectivity index (χ3n) is 4.66. The number of methoxy groups -OCH3 is 1. The first-order valence-corrected chi connectivity index (χ1v) is 10.7. The SMILES string of the molecule is COc1ccc(-n2c(SC/C=C/c3ccccc3)nnc2-c2cccc(C)c2)cc1. The van der Waals surface area contributed by atoms with Gasteiger partial charge in [-0.05, 0) is 42.8 Å². The predicted molar refractivity (Wildman–Crippen MR) is 124 cm³/mol. The van der Waals surface area contributed by atoms with E-state index in [0.29, 0.717) is 0 Å². The van der Waals surface area contributed by atoms with Crippen LogP contribution in [0.5, 0.6) is 5.75 Å². The van der Waals surface area contributed by atoms with Crippen LogP contribution in [0.15, 0.2) is 90.1 Å². The maximum atomic E-state index is 5.31. The van der Waals surface area contributed by atoms with Gasteiger partial charge in [0.1, 0.15) is 5.75 Å². The molecular weight excluding hydrogens is 390 g/mol. The first kappa shape index (κ1) is 20.0. The van der Waals surface area contributed by atoms with Crippen molar-refractivity contribution in [2.45, 2.75) is 12.1 Å². The standard InChI is InChI=1S/C25H23N3OS/c1-19-8-6-12-21(18-19)24-26-27-25(28(24)22-13-15-23(29-2)16-14-22)30-17-7-11-20-9-4-3-5-10-20/h3-16,18H,17H2,1-2H3/b11-7+. The molecule has 4 nitrogen and oxygen atoms in total. The largest absolute Gasteiger partial charge is 0.497 e. The van der Waals surface area contributed by atoms with Crippen LogP contribution in [0.2, 0.25) is 0 Å². The molecule has 0 spiro atoms. The molecule has 0 unspecified atom stereocenters. The van der Waals surface area contributed by atoms with Crippen molar-refractivity contribution in [3.8, 4) is 22.8 Å². The number of aryl methyl sites for hydroxylation is 1. The van der Waals surface area contributed by atoms with Crippen LogP contribution in [-0.2, 0) is 0 Å². The normalized spacial score (nSPS) is 11.1. The highest BCUT2D eigenvalue weighted by Gasteiger charge is 2.16. The second-order valence-corrected chi connectivity index (χ2v) is 7.82. The van der Waals surface area contributed by atoms with Gasteiger partial charge in [0.15, 0.2) is 11.0 Å². The zero-order valence-corrected chi connectivity index (χ0v) is 17.8. The summed E-state index contributed by atoms with van der Waals surface area (Å²) >= 11 is 1.66. The zero-order chi connectivity index (χ0) is 20.8. The molecule has 4 rings (SSSR count). The van der Waals surface area contributed by atoms with Gasteiger partial charge in [0.05, 0.1) is 7.11 Å². The maximum Gasteiger partial charge on any atom is 0.196 e. The van der Waals surface area contributed by atoms with Crippen LogP contribution in [0.3, 0.4) is 0 Å². The number of rotatable bonds is 7. The van der Waals surface area contributed by atoms with Gasteiger partial charge in [-0.15, -0.1) is 10.2 Å². The number of aromatic nitrogens is 3. The highest BCUT2D eigenvalue weighted by atomic mass is 32.2. The van der Waals surface area contributed by atoms with E-state index in [1.54, 1.807) is 18.9 Å². The van der Waals surface area contributed by atoms with E-state index in [1.165, 1.54) is 11.1 Å². The fourth-order valence-corrected chi connectivity index (χ4v) is 3.93. The molecule has 150 valence electrons. The molecule has 30 heavy (non-hydrogen) atoms. The fraction of sp³-hybridized carbons (Fsp3) is 0.120. The lowest BCUT2D eigenvalue weighted by Crippen LogP contribution is -2.00. The summed E-state index contributed by atoms with van der Waals surface area (Å²) in [4.78, 5) is 0. The summed E-state index contributed by atoms with van der Waals surface area (Å²) in [6.07, 6.45) is 4.28. The molecule has 0 aliphatic rings. The average Bonchev–Trinajstić information content (AvgIpc) is 3.21. The number of ether oxygens (including phenoxy) is 1. The number of hydrogen-bond acceptors (Lipinski definition) is 4. The van der Waals surface area contributed by atoms with Gasteiger partial charge >= 0.3 is 0 Å². The molecule has 0 amide bonds. The molecule has 0 bridgehead atoms. The van der Waals surface area contributed by atoms with Gasteiger partial charge < -0.3 is 4.74 Å². The minimum atomic E-state index is 0.803. The van der Waals surface area contributed by atoms with Gasteiger partial charge in [-0.3, -0.25) is 4.57 Å². The Hall–Kier alpha value is -3.31. The first-order valence-electron chi connectivity index (χ1n) is 9.76. The Kier molecular flexibility index (Phi) is 6.30. The van der Waals surface area contributed by atoms with Gasteiger partial charge in [-0.2, -0.15) is 0 Å². The van der Waals surface area contributed by atoms with E-state index >= 15 is 0 Å². The maximum absolute atomic E-state index is 5.31. The molecule has 0 saturated heterocycles. The van der Waals surface area contributed by atoms with Crippen molar-refractivity contribution in [2.24, 2.45) is 0 Å². The van der Waals surface area contributed by atoms with Crippen molar-refractivity contribution in [3.63, 3.8) is 0 Å². The smallest absolute Gasteiger partial charge is 0.196 e. The van der Waals surface area contributed by atoms with Crippen molar-refractivity contribution >= 4 is 17.8 Å². The molecule has 4 aromatic rings. The van der Waals surface area contributed by atoms with E-state index in [2.05, 4.69) is 64.2 Å². The molecule has 0 atom stereocenters. The summed E-state index contributed by atoms with van der Waals surface area (Å²) in [7, 11) is 1.67. The molecule has 1 aromatic heterocycles. The molecule has 1 heterocycles. The highest BCUT2D eigenvalue weighted by Crippen LogP contribution is 2.29. The zero-order valence-electron chi connectivity index (χ0n) is 17.0. The topological polar surface area (TPSA) is 39.9 Å². The number of nitrogens with zero attached hydrogens (tertiary/aromatic N) is 3. The van der Waals surface area contributed by atoms with Crippen molar-refractivity contribution < 1.29 is 4.74 Å². The van der Waals surface area contributed by atoms with Gasteiger partial charge in [0, 0.05) is 17.0 Å². The van der Waals surface area contributed by atoms with E-state index in [-0.39, 0.29) is 0 Å². The lowest BCUT2D eigenvalue weighted by atomic mass is 10.1. The Morgan fingerprint density at radius 1 is 0.933 bits per heavy atom. The highest BCUT2D eigenvalue weighted by molar-refractivity contribution is 7.99. The Morgan fingerprint density at radius 2 is 1.73 bits per heavy atom. The number of benzene rings is 3. The molecule has 0 saturated carbocycles. The Labute approximate surface area is 181 Å². The summed E-state index contributed by atoms with van der Waals surface area (Å²) in [5, 5.41) is 9.87. The second-order valence-electron chi connectivity index (χ2n) is 6.83. The summed E-state index contributed by atoms with van der Waals surface area (Å²) in [6.45, 7) is 2.08. The van der Waals surface area contributed by atoms with Crippen molar-refractivity contribution in [1.29, 1.82) is 0 Å². The quantitative estimate of drug-likeness (QED) is 0.345.